The number of amides is 1. The molecule has 1 N–H and O–H groups in total. The Morgan fingerprint density at radius 2 is 1.93 bits per heavy atom. The molecule has 3 unspecified atom stereocenters. The molecule has 1 amide bonds. The minimum atomic E-state index is 0.121. The predicted octanol–water partition coefficient (Wildman–Crippen LogP) is 6.36. The van der Waals surface area contributed by atoms with Crippen molar-refractivity contribution in [2.75, 3.05) is 0 Å². The highest BCUT2D eigenvalue weighted by Gasteiger charge is 2.61. The zero-order chi connectivity index (χ0) is 20.1. The van der Waals surface area contributed by atoms with E-state index >= 15 is 0 Å². The highest BCUT2D eigenvalue weighted by atomic mass is 16.1. The zero-order valence-corrected chi connectivity index (χ0v) is 19.0. The number of rotatable bonds is 5. The molecule has 1 heterocycles. The Bertz CT molecular complexity index is 624. The summed E-state index contributed by atoms with van der Waals surface area (Å²) in [6.45, 7) is 12.3. The topological polar surface area (TPSA) is 29.1 Å². The second-order valence-electron chi connectivity index (χ2n) is 11.8. The molecule has 2 nitrogen and oxygen atoms in total. The first kappa shape index (κ1) is 20.5. The van der Waals surface area contributed by atoms with Crippen LogP contribution in [0.25, 0.3) is 0 Å². The minimum Gasteiger partial charge on any atom is -0.349 e. The maximum absolute atomic E-state index is 12.0. The van der Waals surface area contributed by atoms with E-state index in [0.29, 0.717) is 11.5 Å². The fourth-order valence-corrected chi connectivity index (χ4v) is 8.21. The van der Waals surface area contributed by atoms with Gasteiger partial charge in [-0.1, -0.05) is 60.0 Å². The Labute approximate surface area is 173 Å². The van der Waals surface area contributed by atoms with Gasteiger partial charge in [-0.3, -0.25) is 4.79 Å². The average molecular weight is 386 g/mol. The SMILES string of the molecule is CC(C)CCCCC1CC[C@H]2[C@@H]3C(C)CC4NC(=O)C=C[C@]4(C)[C@@H]3CC[C@]12C. The standard InChI is InChI=1S/C26H43NO/c1-17(2)8-6-7-9-19-10-11-20-24-18(3)16-22-26(5,15-13-23(28)27-22)21(24)12-14-25(19,20)4/h13,15,17-22,24H,6-12,14,16H2,1-5H3,(H,27,28)/t18?,19?,20-,21+,22?,24-,25+,26+/m0/s1. The second kappa shape index (κ2) is 7.47. The van der Waals surface area contributed by atoms with Gasteiger partial charge in [0.1, 0.15) is 0 Å². The van der Waals surface area contributed by atoms with E-state index in [2.05, 4.69) is 46.0 Å². The summed E-state index contributed by atoms with van der Waals surface area (Å²) in [4.78, 5) is 12.0. The highest BCUT2D eigenvalue weighted by Crippen LogP contribution is 2.66. The first-order valence-corrected chi connectivity index (χ1v) is 12.3. The third-order valence-corrected chi connectivity index (χ3v) is 9.84. The lowest BCUT2D eigenvalue weighted by molar-refractivity contribution is -0.125. The van der Waals surface area contributed by atoms with E-state index in [9.17, 15) is 4.79 Å². The lowest BCUT2D eigenvalue weighted by Gasteiger charge is -2.61. The molecule has 1 aliphatic heterocycles. The lowest BCUT2D eigenvalue weighted by Crippen LogP contribution is -2.61. The zero-order valence-electron chi connectivity index (χ0n) is 19.0. The molecule has 3 aliphatic carbocycles. The molecular formula is C26H43NO. The molecular weight excluding hydrogens is 342 g/mol. The van der Waals surface area contributed by atoms with Crippen LogP contribution in [0, 0.1) is 46.3 Å². The first-order chi connectivity index (χ1) is 13.3. The molecule has 28 heavy (non-hydrogen) atoms. The summed E-state index contributed by atoms with van der Waals surface area (Å²) in [5, 5.41) is 3.32. The molecule has 8 atom stereocenters. The van der Waals surface area contributed by atoms with Crippen LogP contribution in [-0.2, 0) is 4.79 Å². The number of hydrogen-bond donors (Lipinski definition) is 1. The van der Waals surface area contributed by atoms with Crippen LogP contribution in [0.4, 0.5) is 0 Å². The molecule has 158 valence electrons. The van der Waals surface area contributed by atoms with Crippen molar-refractivity contribution in [1.29, 1.82) is 0 Å². The van der Waals surface area contributed by atoms with Gasteiger partial charge in [-0.15, -0.1) is 0 Å². The van der Waals surface area contributed by atoms with Gasteiger partial charge in [-0.25, -0.2) is 0 Å². The first-order valence-electron chi connectivity index (χ1n) is 12.3. The van der Waals surface area contributed by atoms with E-state index in [1.165, 1.54) is 57.8 Å². The normalized spacial score (nSPS) is 47.4. The summed E-state index contributed by atoms with van der Waals surface area (Å²) in [6, 6.07) is 0.346. The van der Waals surface area contributed by atoms with E-state index in [4.69, 9.17) is 0 Å². The van der Waals surface area contributed by atoms with Gasteiger partial charge >= 0.3 is 0 Å². The maximum atomic E-state index is 12.0. The van der Waals surface area contributed by atoms with Crippen molar-refractivity contribution in [1.82, 2.24) is 5.32 Å². The summed E-state index contributed by atoms with van der Waals surface area (Å²) < 4.78 is 0. The fraction of sp³-hybridized carbons (Fsp3) is 0.885. The molecule has 0 bridgehead atoms. The quantitative estimate of drug-likeness (QED) is 0.548. The maximum Gasteiger partial charge on any atom is 0.243 e. The summed E-state index contributed by atoms with van der Waals surface area (Å²) in [5.74, 6) is 5.15. The predicted molar refractivity (Wildman–Crippen MR) is 117 cm³/mol. The van der Waals surface area contributed by atoms with E-state index in [1.54, 1.807) is 0 Å². The van der Waals surface area contributed by atoms with Crippen molar-refractivity contribution in [3.05, 3.63) is 12.2 Å². The molecule has 0 spiro atoms. The van der Waals surface area contributed by atoms with Gasteiger partial charge in [0.15, 0.2) is 0 Å². The van der Waals surface area contributed by atoms with Crippen LogP contribution in [0.15, 0.2) is 12.2 Å². The lowest BCUT2D eigenvalue weighted by atomic mass is 9.45. The minimum absolute atomic E-state index is 0.121. The van der Waals surface area contributed by atoms with E-state index < -0.39 is 0 Å². The number of carbonyl (C=O) groups is 1. The van der Waals surface area contributed by atoms with Crippen LogP contribution in [0.1, 0.15) is 92.4 Å². The van der Waals surface area contributed by atoms with Gasteiger partial charge < -0.3 is 5.32 Å². The van der Waals surface area contributed by atoms with Crippen LogP contribution < -0.4 is 5.32 Å². The van der Waals surface area contributed by atoms with E-state index in [-0.39, 0.29) is 11.3 Å². The van der Waals surface area contributed by atoms with Gasteiger partial charge in [0.25, 0.3) is 0 Å². The molecule has 0 saturated heterocycles. The molecule has 4 rings (SSSR count). The number of unbranched alkanes of at least 4 members (excludes halogenated alkanes) is 1. The second-order valence-corrected chi connectivity index (χ2v) is 11.8. The van der Waals surface area contributed by atoms with Gasteiger partial charge in [0.2, 0.25) is 5.91 Å². The van der Waals surface area contributed by atoms with Gasteiger partial charge in [-0.05, 0) is 85.5 Å². The van der Waals surface area contributed by atoms with Crippen molar-refractivity contribution in [2.24, 2.45) is 46.3 Å². The Balaban J connectivity index is 1.50. The fourth-order valence-electron chi connectivity index (χ4n) is 8.21. The van der Waals surface area contributed by atoms with Crippen molar-refractivity contribution in [2.45, 2.75) is 98.4 Å². The highest BCUT2D eigenvalue weighted by molar-refractivity contribution is 5.89. The molecule has 4 aliphatic rings. The van der Waals surface area contributed by atoms with Crippen LogP contribution >= 0.6 is 0 Å². The summed E-state index contributed by atoms with van der Waals surface area (Å²) in [7, 11) is 0. The number of nitrogens with one attached hydrogen (secondary N) is 1. The van der Waals surface area contributed by atoms with Crippen LogP contribution in [0.2, 0.25) is 0 Å². The van der Waals surface area contributed by atoms with Gasteiger partial charge in [0, 0.05) is 11.5 Å². The molecule has 0 aromatic carbocycles. The molecule has 3 saturated carbocycles. The van der Waals surface area contributed by atoms with Crippen LogP contribution in [0.3, 0.4) is 0 Å². The van der Waals surface area contributed by atoms with Crippen molar-refractivity contribution in [3.63, 3.8) is 0 Å². The molecule has 0 aromatic rings. The third-order valence-electron chi connectivity index (χ3n) is 9.84. The smallest absolute Gasteiger partial charge is 0.243 e. The van der Waals surface area contributed by atoms with Gasteiger partial charge in [0.05, 0.1) is 0 Å². The summed E-state index contributed by atoms with van der Waals surface area (Å²) in [6.07, 6.45) is 16.7. The van der Waals surface area contributed by atoms with Crippen molar-refractivity contribution >= 4 is 5.91 Å². The molecule has 0 aromatic heterocycles. The Hall–Kier alpha value is -0.790. The summed E-state index contributed by atoms with van der Waals surface area (Å²) >= 11 is 0. The largest absolute Gasteiger partial charge is 0.349 e. The number of fused-ring (bicyclic) bond motifs is 5. The van der Waals surface area contributed by atoms with E-state index in [0.717, 1.165) is 35.5 Å². The summed E-state index contributed by atoms with van der Waals surface area (Å²) in [5.41, 5.74) is 0.736. The van der Waals surface area contributed by atoms with E-state index in [1.807, 2.05) is 6.08 Å². The molecule has 2 heteroatoms. The van der Waals surface area contributed by atoms with Crippen molar-refractivity contribution in [3.8, 4) is 0 Å². The van der Waals surface area contributed by atoms with Crippen LogP contribution in [0.5, 0.6) is 0 Å². The third kappa shape index (κ3) is 3.27. The average Bonchev–Trinajstić information content (AvgIpc) is 2.96. The number of hydrogen-bond acceptors (Lipinski definition) is 1. The van der Waals surface area contributed by atoms with Crippen molar-refractivity contribution < 1.29 is 4.79 Å². The monoisotopic (exact) mass is 385 g/mol. The van der Waals surface area contributed by atoms with Crippen LogP contribution in [-0.4, -0.2) is 11.9 Å². The van der Waals surface area contributed by atoms with Gasteiger partial charge in [-0.2, -0.15) is 0 Å². The molecule has 0 radical (unpaired) electrons. The number of carbonyl (C=O) groups excluding carboxylic acids is 1. The Morgan fingerprint density at radius 3 is 2.68 bits per heavy atom. The molecule has 3 fully saturated rings. The Kier molecular flexibility index (Phi) is 5.47. The Morgan fingerprint density at radius 1 is 1.14 bits per heavy atom.